The zero-order valence-electron chi connectivity index (χ0n) is 19.3. The Morgan fingerprint density at radius 3 is 2.26 bits per heavy atom. The van der Waals surface area contributed by atoms with Gasteiger partial charge in [-0.2, -0.15) is 5.10 Å². The van der Waals surface area contributed by atoms with E-state index in [4.69, 9.17) is 14.2 Å². The van der Waals surface area contributed by atoms with E-state index < -0.39 is 22.5 Å². The Hall–Kier alpha value is -3.57. The Bertz CT molecular complexity index is 1320. The summed E-state index contributed by atoms with van der Waals surface area (Å²) in [6.07, 6.45) is 1.42. The molecule has 35 heavy (non-hydrogen) atoms. The van der Waals surface area contributed by atoms with E-state index in [1.165, 1.54) is 39.7 Å². The van der Waals surface area contributed by atoms with Gasteiger partial charge in [-0.25, -0.2) is 13.8 Å². The van der Waals surface area contributed by atoms with Crippen molar-refractivity contribution in [1.29, 1.82) is 0 Å². The number of halogens is 1. The third-order valence-electron chi connectivity index (χ3n) is 4.84. The highest BCUT2D eigenvalue weighted by molar-refractivity contribution is 9.10. The lowest BCUT2D eigenvalue weighted by Gasteiger charge is -2.24. The molecule has 0 bridgehead atoms. The lowest BCUT2D eigenvalue weighted by Crippen LogP contribution is -2.39. The minimum atomic E-state index is -4.17. The number of nitrogens with zero attached hydrogens (tertiary/aromatic N) is 2. The van der Waals surface area contributed by atoms with E-state index in [1.54, 1.807) is 54.6 Å². The molecule has 0 aliphatic rings. The van der Waals surface area contributed by atoms with Crippen LogP contribution in [-0.2, 0) is 14.8 Å². The van der Waals surface area contributed by atoms with Crippen LogP contribution in [0.1, 0.15) is 5.56 Å². The molecule has 9 nitrogen and oxygen atoms in total. The molecule has 3 rings (SSSR count). The van der Waals surface area contributed by atoms with Crippen molar-refractivity contribution in [3.8, 4) is 17.2 Å². The molecule has 1 N–H and O–H groups in total. The number of methoxy groups -OCH3 is 3. The standard InChI is InChI=1S/C24H24BrN3O6S/c1-32-20-11-9-17(13-22(20)34-3)15-26-27-24(29)16-28(19-7-5-4-6-8-19)35(30,31)23-14-18(25)10-12-21(23)33-2/h4-15H,16H2,1-3H3,(H,27,29)/b26-15-. The number of carbonyl (C=O) groups is 1. The van der Waals surface area contributed by atoms with E-state index in [2.05, 4.69) is 26.5 Å². The third-order valence-corrected chi connectivity index (χ3v) is 7.12. The monoisotopic (exact) mass is 561 g/mol. The summed E-state index contributed by atoms with van der Waals surface area (Å²) in [5, 5.41) is 3.95. The largest absolute Gasteiger partial charge is 0.495 e. The van der Waals surface area contributed by atoms with Crippen LogP contribution in [0.3, 0.4) is 0 Å². The first kappa shape index (κ1) is 26.0. The van der Waals surface area contributed by atoms with Crippen molar-refractivity contribution >= 4 is 43.8 Å². The van der Waals surface area contributed by atoms with Gasteiger partial charge in [0.2, 0.25) is 0 Å². The van der Waals surface area contributed by atoms with Crippen molar-refractivity contribution in [3.05, 3.63) is 76.8 Å². The Kier molecular flexibility index (Phi) is 8.72. The van der Waals surface area contributed by atoms with Gasteiger partial charge in [0.15, 0.2) is 11.5 Å². The molecule has 0 saturated heterocycles. The van der Waals surface area contributed by atoms with Crippen LogP contribution in [0.15, 0.2) is 81.2 Å². The predicted molar refractivity (Wildman–Crippen MR) is 137 cm³/mol. The van der Waals surface area contributed by atoms with Gasteiger partial charge >= 0.3 is 0 Å². The summed E-state index contributed by atoms with van der Waals surface area (Å²) in [7, 11) is 0.250. The van der Waals surface area contributed by atoms with Gasteiger partial charge in [0.1, 0.15) is 17.2 Å². The molecular weight excluding hydrogens is 538 g/mol. The van der Waals surface area contributed by atoms with Crippen LogP contribution in [-0.4, -0.2) is 48.4 Å². The number of benzene rings is 3. The van der Waals surface area contributed by atoms with Gasteiger partial charge in [-0.3, -0.25) is 9.10 Å². The maximum Gasteiger partial charge on any atom is 0.268 e. The zero-order chi connectivity index (χ0) is 25.4. The molecule has 1 amide bonds. The molecule has 184 valence electrons. The van der Waals surface area contributed by atoms with Gasteiger partial charge in [0.05, 0.1) is 33.2 Å². The molecule has 0 spiro atoms. The number of amides is 1. The number of sulfonamides is 1. The van der Waals surface area contributed by atoms with Crippen LogP contribution in [0.2, 0.25) is 0 Å². The molecule has 3 aromatic rings. The van der Waals surface area contributed by atoms with Crippen LogP contribution in [0.4, 0.5) is 5.69 Å². The van der Waals surface area contributed by atoms with E-state index in [-0.39, 0.29) is 10.6 Å². The first-order chi connectivity index (χ1) is 16.8. The molecule has 0 radical (unpaired) electrons. The summed E-state index contributed by atoms with van der Waals surface area (Å²) in [5.74, 6) is 0.580. The lowest BCUT2D eigenvalue weighted by atomic mass is 10.2. The molecule has 0 heterocycles. The van der Waals surface area contributed by atoms with Crippen LogP contribution >= 0.6 is 15.9 Å². The lowest BCUT2D eigenvalue weighted by molar-refractivity contribution is -0.119. The van der Waals surface area contributed by atoms with Crippen molar-refractivity contribution in [2.75, 3.05) is 32.2 Å². The number of hydrogen-bond donors (Lipinski definition) is 1. The van der Waals surface area contributed by atoms with Crippen LogP contribution in [0.5, 0.6) is 17.2 Å². The van der Waals surface area contributed by atoms with Crippen LogP contribution < -0.4 is 23.9 Å². The summed E-state index contributed by atoms with van der Waals surface area (Å²) in [6, 6.07) is 18.1. The molecule has 0 aromatic heterocycles. The second-order valence-electron chi connectivity index (χ2n) is 7.05. The molecule has 0 aliphatic carbocycles. The maximum absolute atomic E-state index is 13.6. The molecule has 0 aliphatic heterocycles. The first-order valence-corrected chi connectivity index (χ1v) is 12.5. The Morgan fingerprint density at radius 2 is 1.60 bits per heavy atom. The second-order valence-corrected chi connectivity index (χ2v) is 9.80. The topological polar surface area (TPSA) is 107 Å². The Labute approximate surface area is 212 Å². The maximum atomic E-state index is 13.6. The molecule has 0 fully saturated rings. The Morgan fingerprint density at radius 1 is 0.943 bits per heavy atom. The van der Waals surface area contributed by atoms with E-state index in [9.17, 15) is 13.2 Å². The number of carbonyl (C=O) groups excluding carboxylic acids is 1. The number of anilines is 1. The van der Waals surface area contributed by atoms with E-state index in [1.807, 2.05) is 0 Å². The predicted octanol–water partition coefficient (Wildman–Crippen LogP) is 3.82. The van der Waals surface area contributed by atoms with E-state index in [0.29, 0.717) is 27.2 Å². The highest BCUT2D eigenvalue weighted by Crippen LogP contribution is 2.32. The summed E-state index contributed by atoms with van der Waals surface area (Å²) in [5.41, 5.74) is 3.33. The van der Waals surface area contributed by atoms with E-state index in [0.717, 1.165) is 4.31 Å². The Balaban J connectivity index is 1.85. The van der Waals surface area contributed by atoms with E-state index >= 15 is 0 Å². The van der Waals surface area contributed by atoms with Gasteiger partial charge in [-0.15, -0.1) is 0 Å². The highest BCUT2D eigenvalue weighted by atomic mass is 79.9. The van der Waals surface area contributed by atoms with Gasteiger partial charge in [-0.1, -0.05) is 34.1 Å². The molecule has 0 saturated carbocycles. The number of nitrogens with one attached hydrogen (secondary N) is 1. The van der Waals surface area contributed by atoms with Crippen molar-refractivity contribution in [1.82, 2.24) is 5.43 Å². The summed E-state index contributed by atoms with van der Waals surface area (Å²) >= 11 is 3.30. The second kappa shape index (κ2) is 11.7. The molecule has 0 atom stereocenters. The molecule has 0 unspecified atom stereocenters. The summed E-state index contributed by atoms with van der Waals surface area (Å²) < 4.78 is 44.5. The number of rotatable bonds is 10. The average Bonchev–Trinajstić information content (AvgIpc) is 2.87. The molecular formula is C24H24BrN3O6S. The molecule has 11 heteroatoms. The number of hydrazone groups is 1. The van der Waals surface area contributed by atoms with Gasteiger partial charge in [0, 0.05) is 4.47 Å². The highest BCUT2D eigenvalue weighted by Gasteiger charge is 2.30. The summed E-state index contributed by atoms with van der Waals surface area (Å²) in [6.45, 7) is -0.509. The van der Waals surface area contributed by atoms with Crippen molar-refractivity contribution in [3.63, 3.8) is 0 Å². The fourth-order valence-electron chi connectivity index (χ4n) is 3.16. The summed E-state index contributed by atoms with van der Waals surface area (Å²) in [4.78, 5) is 12.6. The fourth-order valence-corrected chi connectivity index (χ4v) is 5.28. The minimum absolute atomic E-state index is 0.0835. The van der Waals surface area contributed by atoms with Gasteiger partial charge in [-0.05, 0) is 54.1 Å². The number of hydrogen-bond acceptors (Lipinski definition) is 7. The van der Waals surface area contributed by atoms with Gasteiger partial charge in [0.25, 0.3) is 15.9 Å². The van der Waals surface area contributed by atoms with Crippen LogP contribution in [0, 0.1) is 0 Å². The minimum Gasteiger partial charge on any atom is -0.495 e. The number of ether oxygens (including phenoxy) is 3. The fraction of sp³-hybridized carbons (Fsp3) is 0.167. The zero-order valence-corrected chi connectivity index (χ0v) is 21.7. The van der Waals surface area contributed by atoms with Crippen molar-refractivity contribution in [2.24, 2.45) is 5.10 Å². The average molecular weight is 562 g/mol. The van der Waals surface area contributed by atoms with Crippen LogP contribution in [0.25, 0.3) is 0 Å². The SMILES string of the molecule is COc1ccc(/C=N\NC(=O)CN(c2ccccc2)S(=O)(=O)c2cc(Br)ccc2OC)cc1OC. The normalized spacial score (nSPS) is 11.2. The van der Waals surface area contributed by atoms with Gasteiger partial charge < -0.3 is 14.2 Å². The first-order valence-electron chi connectivity index (χ1n) is 10.3. The third kappa shape index (κ3) is 6.31. The molecule has 3 aromatic carbocycles. The van der Waals surface area contributed by atoms with Crippen molar-refractivity contribution < 1.29 is 27.4 Å². The smallest absolute Gasteiger partial charge is 0.268 e. The van der Waals surface area contributed by atoms with Crippen molar-refractivity contribution in [2.45, 2.75) is 4.90 Å². The number of para-hydroxylation sites is 1. The quantitative estimate of drug-likeness (QED) is 0.298.